The molecule has 0 saturated heterocycles. The van der Waals surface area contributed by atoms with Crippen LogP contribution in [0.25, 0.3) is 16.6 Å². The third-order valence-corrected chi connectivity index (χ3v) is 6.66. The molecular weight excluding hydrogens is 461 g/mol. The quantitative estimate of drug-likeness (QED) is 0.334. The van der Waals surface area contributed by atoms with Gasteiger partial charge in [0.15, 0.2) is 0 Å². The van der Waals surface area contributed by atoms with Crippen molar-refractivity contribution in [1.29, 1.82) is 0 Å². The van der Waals surface area contributed by atoms with E-state index in [4.69, 9.17) is 16.6 Å². The minimum Gasteiger partial charge on any atom is -0.332 e. The highest BCUT2D eigenvalue weighted by molar-refractivity contribution is 7.10. The van der Waals surface area contributed by atoms with Gasteiger partial charge in [0.25, 0.3) is 5.56 Å². The summed E-state index contributed by atoms with van der Waals surface area (Å²) in [5.74, 6) is -0.220. The Labute approximate surface area is 200 Å². The highest BCUT2D eigenvalue weighted by Gasteiger charge is 2.26. The Morgan fingerprint density at radius 3 is 2.70 bits per heavy atom. The Kier molecular flexibility index (Phi) is 6.91. The number of rotatable bonds is 7. The molecule has 170 valence electrons. The zero-order valence-electron chi connectivity index (χ0n) is 18.3. The van der Waals surface area contributed by atoms with Crippen LogP contribution in [0.4, 0.5) is 4.39 Å². The van der Waals surface area contributed by atoms with Crippen LogP contribution >= 0.6 is 22.9 Å². The Hall–Kier alpha value is -3.03. The fourth-order valence-electron chi connectivity index (χ4n) is 3.88. The monoisotopic (exact) mass is 483 g/mol. The average molecular weight is 484 g/mol. The molecule has 0 aliphatic heterocycles. The number of hydrogen-bond acceptors (Lipinski definition) is 4. The van der Waals surface area contributed by atoms with Crippen molar-refractivity contribution in [3.05, 3.63) is 91.9 Å². The van der Waals surface area contributed by atoms with E-state index in [-0.39, 0.29) is 22.9 Å². The molecule has 5 nitrogen and oxygen atoms in total. The summed E-state index contributed by atoms with van der Waals surface area (Å²) in [7, 11) is 0. The number of amides is 1. The van der Waals surface area contributed by atoms with Crippen LogP contribution in [-0.4, -0.2) is 26.9 Å². The number of benzene rings is 2. The maximum absolute atomic E-state index is 13.9. The largest absolute Gasteiger partial charge is 0.332 e. The zero-order valence-corrected chi connectivity index (χ0v) is 19.9. The number of nitrogens with zero attached hydrogens (tertiary/aromatic N) is 3. The van der Waals surface area contributed by atoms with Gasteiger partial charge >= 0.3 is 0 Å². The lowest BCUT2D eigenvalue weighted by molar-refractivity contribution is -0.132. The first kappa shape index (κ1) is 23.1. The molecule has 0 aliphatic carbocycles. The number of fused-ring (bicyclic) bond motifs is 1. The van der Waals surface area contributed by atoms with Gasteiger partial charge in [-0.3, -0.25) is 14.2 Å². The Morgan fingerprint density at radius 1 is 1.21 bits per heavy atom. The van der Waals surface area contributed by atoms with Crippen LogP contribution in [0, 0.1) is 5.82 Å². The first-order valence-electron chi connectivity index (χ1n) is 10.7. The van der Waals surface area contributed by atoms with Crippen molar-refractivity contribution >= 4 is 39.7 Å². The standard InChI is InChI=1S/C25H23ClFN3O2S/c1-3-12-29(23(31)15-18-7-6-13-33-18)16(2)24-28-22-9-5-4-8-19(22)25(32)30(24)17-10-11-21(27)20(26)14-17/h4-11,13-14,16H,3,12,15H2,1-2H3. The van der Waals surface area contributed by atoms with Crippen LogP contribution in [0.15, 0.2) is 64.8 Å². The number of halogens is 2. The molecule has 0 fully saturated rings. The summed E-state index contributed by atoms with van der Waals surface area (Å²) in [6.07, 6.45) is 1.03. The van der Waals surface area contributed by atoms with Gasteiger partial charge in [-0.25, -0.2) is 9.37 Å². The van der Waals surface area contributed by atoms with E-state index in [0.29, 0.717) is 29.0 Å². The molecule has 4 aromatic rings. The van der Waals surface area contributed by atoms with Crippen molar-refractivity contribution in [2.24, 2.45) is 0 Å². The first-order chi connectivity index (χ1) is 15.9. The average Bonchev–Trinajstić information content (AvgIpc) is 3.32. The molecule has 0 aliphatic rings. The summed E-state index contributed by atoms with van der Waals surface area (Å²) in [6, 6.07) is 14.5. The Balaban J connectivity index is 1.87. The van der Waals surface area contributed by atoms with Gasteiger partial charge in [0.05, 0.1) is 34.1 Å². The maximum atomic E-state index is 13.9. The van der Waals surface area contributed by atoms with Gasteiger partial charge in [-0.05, 0) is 55.1 Å². The number of aromatic nitrogens is 2. The fourth-order valence-corrected chi connectivity index (χ4v) is 4.75. The molecule has 0 bridgehead atoms. The molecule has 4 rings (SSSR count). The molecule has 0 radical (unpaired) electrons. The van der Waals surface area contributed by atoms with E-state index < -0.39 is 11.9 Å². The van der Waals surface area contributed by atoms with Gasteiger partial charge < -0.3 is 4.90 Å². The van der Waals surface area contributed by atoms with E-state index >= 15 is 0 Å². The van der Waals surface area contributed by atoms with Crippen molar-refractivity contribution < 1.29 is 9.18 Å². The molecule has 1 amide bonds. The number of carbonyl (C=O) groups excluding carboxylic acids is 1. The van der Waals surface area contributed by atoms with Gasteiger partial charge in [0.1, 0.15) is 11.6 Å². The fraction of sp³-hybridized carbons (Fsp3) is 0.240. The SMILES string of the molecule is CCCN(C(=O)Cc1cccs1)C(C)c1nc2ccccc2c(=O)n1-c1ccc(F)c(Cl)c1. The van der Waals surface area contributed by atoms with Crippen molar-refractivity contribution in [2.45, 2.75) is 32.7 Å². The molecule has 2 aromatic heterocycles. The first-order valence-corrected chi connectivity index (χ1v) is 12.0. The molecule has 0 N–H and O–H groups in total. The molecule has 8 heteroatoms. The third kappa shape index (κ3) is 4.70. The summed E-state index contributed by atoms with van der Waals surface area (Å²) < 4.78 is 15.3. The zero-order chi connectivity index (χ0) is 23.5. The number of thiophene rings is 1. The second-order valence-electron chi connectivity index (χ2n) is 7.75. The molecule has 0 spiro atoms. The molecule has 33 heavy (non-hydrogen) atoms. The smallest absolute Gasteiger partial charge is 0.266 e. The van der Waals surface area contributed by atoms with Crippen LogP contribution in [0.1, 0.15) is 37.0 Å². The molecule has 1 unspecified atom stereocenters. The van der Waals surface area contributed by atoms with E-state index in [0.717, 1.165) is 11.3 Å². The van der Waals surface area contributed by atoms with Gasteiger partial charge in [-0.15, -0.1) is 11.3 Å². The van der Waals surface area contributed by atoms with Crippen LogP contribution in [-0.2, 0) is 11.2 Å². The molecular formula is C25H23ClFN3O2S. The second kappa shape index (κ2) is 9.85. The predicted molar refractivity (Wildman–Crippen MR) is 131 cm³/mol. The van der Waals surface area contributed by atoms with Gasteiger partial charge in [-0.2, -0.15) is 0 Å². The highest BCUT2D eigenvalue weighted by Crippen LogP contribution is 2.26. The van der Waals surface area contributed by atoms with Gasteiger partial charge in [0, 0.05) is 11.4 Å². The lowest BCUT2D eigenvalue weighted by Gasteiger charge is -2.30. The Morgan fingerprint density at radius 2 is 2.00 bits per heavy atom. The van der Waals surface area contributed by atoms with Crippen LogP contribution < -0.4 is 5.56 Å². The predicted octanol–water partition coefficient (Wildman–Crippen LogP) is 5.78. The van der Waals surface area contributed by atoms with Crippen molar-refractivity contribution in [3.63, 3.8) is 0 Å². The molecule has 0 saturated carbocycles. The van der Waals surface area contributed by atoms with Crippen molar-refractivity contribution in [3.8, 4) is 5.69 Å². The topological polar surface area (TPSA) is 55.2 Å². The summed E-state index contributed by atoms with van der Waals surface area (Å²) >= 11 is 7.57. The highest BCUT2D eigenvalue weighted by atomic mass is 35.5. The van der Waals surface area contributed by atoms with Crippen molar-refractivity contribution in [1.82, 2.24) is 14.5 Å². The van der Waals surface area contributed by atoms with Crippen LogP contribution in [0.2, 0.25) is 5.02 Å². The molecule has 1 atom stereocenters. The number of para-hydroxylation sites is 1. The minimum absolute atomic E-state index is 0.0436. The summed E-state index contributed by atoms with van der Waals surface area (Å²) in [4.78, 5) is 34.3. The minimum atomic E-state index is -0.574. The van der Waals surface area contributed by atoms with Crippen LogP contribution in [0.3, 0.4) is 0 Å². The van der Waals surface area contributed by atoms with Gasteiger partial charge in [0.2, 0.25) is 5.91 Å². The van der Waals surface area contributed by atoms with E-state index in [2.05, 4.69) is 0 Å². The number of hydrogen-bond donors (Lipinski definition) is 0. The molecule has 2 aromatic carbocycles. The van der Waals surface area contributed by atoms with E-state index in [1.165, 1.54) is 34.1 Å². The van der Waals surface area contributed by atoms with Crippen molar-refractivity contribution in [2.75, 3.05) is 6.54 Å². The summed E-state index contributed by atoms with van der Waals surface area (Å²) in [5, 5.41) is 2.28. The lowest BCUT2D eigenvalue weighted by Crippen LogP contribution is -2.38. The number of carbonyl (C=O) groups is 1. The van der Waals surface area contributed by atoms with E-state index in [1.807, 2.05) is 37.4 Å². The van der Waals surface area contributed by atoms with Crippen LogP contribution in [0.5, 0.6) is 0 Å². The second-order valence-corrected chi connectivity index (χ2v) is 9.18. The lowest BCUT2D eigenvalue weighted by atomic mass is 10.1. The summed E-state index contributed by atoms with van der Waals surface area (Å²) in [6.45, 7) is 4.37. The van der Waals surface area contributed by atoms with E-state index in [9.17, 15) is 14.0 Å². The van der Waals surface area contributed by atoms with Gasteiger partial charge in [-0.1, -0.05) is 36.7 Å². The molecule has 2 heterocycles. The van der Waals surface area contributed by atoms with E-state index in [1.54, 1.807) is 23.1 Å². The Bertz CT molecular complexity index is 1350. The summed E-state index contributed by atoms with van der Waals surface area (Å²) in [5.41, 5.74) is 0.636. The third-order valence-electron chi connectivity index (χ3n) is 5.49. The maximum Gasteiger partial charge on any atom is 0.266 e. The normalized spacial score (nSPS) is 12.1.